The molecule has 1 aliphatic heterocycles. The van der Waals surface area contributed by atoms with Crippen LogP contribution in [0, 0.1) is 6.92 Å². The maximum atomic E-state index is 6.58. The number of aryl methyl sites for hydroxylation is 1. The molecule has 0 spiro atoms. The molecule has 1 heterocycles. The van der Waals surface area contributed by atoms with E-state index in [9.17, 15) is 0 Å². The Kier molecular flexibility index (Phi) is 2.01. The first-order chi connectivity index (χ1) is 5.72. The predicted molar refractivity (Wildman–Crippen MR) is 56.7 cm³/mol. The second kappa shape index (κ2) is 2.89. The van der Waals surface area contributed by atoms with Crippen LogP contribution < -0.4 is 5.19 Å². The molecule has 0 unspecified atom stereocenters. The average molecular weight is 197 g/mol. The highest BCUT2D eigenvalue weighted by molar-refractivity contribution is 7.28. The van der Waals surface area contributed by atoms with E-state index in [2.05, 4.69) is 31.2 Å². The van der Waals surface area contributed by atoms with Gasteiger partial charge in [-0.15, -0.1) is 0 Å². The van der Waals surface area contributed by atoms with Gasteiger partial charge in [0.25, 0.3) is 0 Å². The molecule has 1 aromatic rings. The number of hydrogen-bond acceptors (Lipinski definition) is 0. The molecule has 12 heavy (non-hydrogen) atoms. The lowest BCUT2D eigenvalue weighted by Crippen LogP contribution is -2.49. The Morgan fingerprint density at radius 3 is 2.42 bits per heavy atom. The Morgan fingerprint density at radius 2 is 1.92 bits per heavy atom. The van der Waals surface area contributed by atoms with Gasteiger partial charge in [-0.2, -0.15) is 11.1 Å². The third kappa shape index (κ3) is 1.21. The molecule has 0 aromatic heterocycles. The lowest BCUT2D eigenvalue weighted by Gasteiger charge is -2.34. The normalized spacial score (nSPS) is 20.2. The standard InChI is InChI=1S/C10H13ClSi/c1-9-5-2-3-6-10(9)12(11)7-4-8-12/h2-3,5-6H,4,7-8H2,1H3. The summed E-state index contributed by atoms with van der Waals surface area (Å²) >= 11 is 6.58. The molecule has 64 valence electrons. The topological polar surface area (TPSA) is 0 Å². The van der Waals surface area contributed by atoms with E-state index in [1.54, 1.807) is 0 Å². The summed E-state index contributed by atoms with van der Waals surface area (Å²) in [7, 11) is -1.45. The predicted octanol–water partition coefficient (Wildman–Crippen LogP) is 2.79. The maximum absolute atomic E-state index is 6.58. The highest BCUT2D eigenvalue weighted by Gasteiger charge is 2.40. The highest BCUT2D eigenvalue weighted by atomic mass is 35.6. The number of halogens is 1. The Morgan fingerprint density at radius 1 is 1.25 bits per heavy atom. The van der Waals surface area contributed by atoms with E-state index in [1.807, 2.05) is 0 Å². The Labute approximate surface area is 79.3 Å². The van der Waals surface area contributed by atoms with Gasteiger partial charge in [0.2, 0.25) is 0 Å². The zero-order chi connectivity index (χ0) is 8.60. The Balaban J connectivity index is 2.39. The molecule has 0 bridgehead atoms. The average Bonchev–Trinajstić information content (AvgIpc) is 2.01. The summed E-state index contributed by atoms with van der Waals surface area (Å²) in [4.78, 5) is 0. The second-order valence-corrected chi connectivity index (χ2v) is 9.27. The quantitative estimate of drug-likeness (QED) is 0.479. The van der Waals surface area contributed by atoms with Crippen molar-refractivity contribution >= 4 is 23.6 Å². The van der Waals surface area contributed by atoms with Crippen molar-refractivity contribution in [1.82, 2.24) is 0 Å². The van der Waals surface area contributed by atoms with E-state index in [1.165, 1.54) is 29.3 Å². The third-order valence-corrected chi connectivity index (χ3v) is 8.34. The monoisotopic (exact) mass is 196 g/mol. The fourth-order valence-corrected chi connectivity index (χ4v) is 5.97. The molecular formula is C10H13ClSi. The summed E-state index contributed by atoms with van der Waals surface area (Å²) in [6.45, 7) is 2.17. The largest absolute Gasteiger partial charge is 0.187 e. The smallest absolute Gasteiger partial charge is 0.161 e. The summed E-state index contributed by atoms with van der Waals surface area (Å²) in [5.41, 5.74) is 1.39. The van der Waals surface area contributed by atoms with Gasteiger partial charge in [0.15, 0.2) is 7.38 Å². The van der Waals surface area contributed by atoms with Crippen molar-refractivity contribution < 1.29 is 0 Å². The number of hydrogen-bond donors (Lipinski definition) is 0. The summed E-state index contributed by atoms with van der Waals surface area (Å²) in [6, 6.07) is 11.1. The van der Waals surface area contributed by atoms with Crippen molar-refractivity contribution in [3.63, 3.8) is 0 Å². The van der Waals surface area contributed by atoms with Gasteiger partial charge in [0, 0.05) is 0 Å². The number of rotatable bonds is 1. The van der Waals surface area contributed by atoms with E-state index in [4.69, 9.17) is 11.1 Å². The molecule has 2 rings (SSSR count). The van der Waals surface area contributed by atoms with Crippen LogP contribution in [0.1, 0.15) is 12.0 Å². The van der Waals surface area contributed by atoms with Crippen LogP contribution in [0.4, 0.5) is 0 Å². The van der Waals surface area contributed by atoms with E-state index >= 15 is 0 Å². The molecular weight excluding hydrogens is 184 g/mol. The Hall–Kier alpha value is -0.273. The van der Waals surface area contributed by atoms with Gasteiger partial charge in [-0.3, -0.25) is 0 Å². The first-order valence-electron chi connectivity index (χ1n) is 4.47. The minimum atomic E-state index is -1.45. The molecule has 0 saturated carbocycles. The highest BCUT2D eigenvalue weighted by Crippen LogP contribution is 2.35. The van der Waals surface area contributed by atoms with Crippen LogP contribution in [-0.2, 0) is 0 Å². The molecule has 1 aromatic carbocycles. The second-order valence-electron chi connectivity index (χ2n) is 3.63. The lowest BCUT2D eigenvalue weighted by atomic mass is 10.2. The van der Waals surface area contributed by atoms with Gasteiger partial charge in [-0.1, -0.05) is 36.2 Å². The summed E-state index contributed by atoms with van der Waals surface area (Å²) in [6.07, 6.45) is 1.34. The SMILES string of the molecule is Cc1ccccc1[Si]1(Cl)CCC1. The third-order valence-electron chi connectivity index (χ3n) is 2.77. The summed E-state index contributed by atoms with van der Waals surface area (Å²) < 4.78 is 0. The minimum Gasteiger partial charge on any atom is -0.161 e. The van der Waals surface area contributed by atoms with Gasteiger partial charge in [-0.25, -0.2) is 0 Å². The summed E-state index contributed by atoms with van der Waals surface area (Å²) in [5.74, 6) is 0. The molecule has 2 heteroatoms. The lowest BCUT2D eigenvalue weighted by molar-refractivity contribution is 0.939. The molecule has 0 aliphatic carbocycles. The van der Waals surface area contributed by atoms with Crippen molar-refractivity contribution in [3.8, 4) is 0 Å². The molecule has 0 radical (unpaired) electrons. The van der Waals surface area contributed by atoms with Crippen LogP contribution in [0.3, 0.4) is 0 Å². The fraction of sp³-hybridized carbons (Fsp3) is 0.400. The van der Waals surface area contributed by atoms with Gasteiger partial charge in [0.05, 0.1) is 0 Å². The fourth-order valence-electron chi connectivity index (χ4n) is 1.83. The van der Waals surface area contributed by atoms with Crippen molar-refractivity contribution in [1.29, 1.82) is 0 Å². The summed E-state index contributed by atoms with van der Waals surface area (Å²) in [5, 5.41) is 1.47. The van der Waals surface area contributed by atoms with E-state index in [0.717, 1.165) is 0 Å². The van der Waals surface area contributed by atoms with Crippen molar-refractivity contribution in [3.05, 3.63) is 29.8 Å². The van der Waals surface area contributed by atoms with E-state index in [-0.39, 0.29) is 0 Å². The Bertz CT molecular complexity index is 292. The first-order valence-corrected chi connectivity index (χ1v) is 7.90. The molecule has 1 saturated heterocycles. The van der Waals surface area contributed by atoms with Crippen LogP contribution in [0.25, 0.3) is 0 Å². The molecule has 0 atom stereocenters. The van der Waals surface area contributed by atoms with Crippen LogP contribution >= 0.6 is 11.1 Å². The van der Waals surface area contributed by atoms with Crippen LogP contribution in [-0.4, -0.2) is 7.38 Å². The molecule has 1 fully saturated rings. The van der Waals surface area contributed by atoms with Crippen LogP contribution in [0.5, 0.6) is 0 Å². The zero-order valence-corrected chi connectivity index (χ0v) is 9.06. The van der Waals surface area contributed by atoms with Gasteiger partial charge in [0.1, 0.15) is 0 Å². The van der Waals surface area contributed by atoms with Crippen molar-refractivity contribution in [2.75, 3.05) is 0 Å². The van der Waals surface area contributed by atoms with Crippen molar-refractivity contribution in [2.45, 2.75) is 25.4 Å². The van der Waals surface area contributed by atoms with Gasteiger partial charge < -0.3 is 0 Å². The zero-order valence-electron chi connectivity index (χ0n) is 7.31. The number of benzene rings is 1. The van der Waals surface area contributed by atoms with Crippen LogP contribution in [0.2, 0.25) is 12.1 Å². The first kappa shape index (κ1) is 8.33. The molecule has 0 nitrogen and oxygen atoms in total. The molecule has 1 aliphatic rings. The van der Waals surface area contributed by atoms with E-state index in [0.29, 0.717) is 0 Å². The van der Waals surface area contributed by atoms with Gasteiger partial charge in [-0.05, 0) is 24.2 Å². The van der Waals surface area contributed by atoms with Gasteiger partial charge >= 0.3 is 0 Å². The molecule has 0 N–H and O–H groups in total. The van der Waals surface area contributed by atoms with Crippen LogP contribution in [0.15, 0.2) is 24.3 Å². The van der Waals surface area contributed by atoms with Crippen molar-refractivity contribution in [2.24, 2.45) is 0 Å². The van der Waals surface area contributed by atoms with E-state index < -0.39 is 7.38 Å². The molecule has 0 amide bonds. The minimum absolute atomic E-state index is 1.28. The maximum Gasteiger partial charge on any atom is 0.187 e.